The molecule has 22 heavy (non-hydrogen) atoms. The van der Waals surface area contributed by atoms with E-state index >= 15 is 0 Å². The number of hydrogen-bond donors (Lipinski definition) is 1. The molecule has 0 saturated carbocycles. The fourth-order valence-corrected chi connectivity index (χ4v) is 1.74. The number of carbonyl (C=O) groups is 1. The van der Waals surface area contributed by atoms with Gasteiger partial charge in [0.15, 0.2) is 0 Å². The van der Waals surface area contributed by atoms with Crippen LogP contribution < -0.4 is 5.32 Å². The number of hydrogen-bond acceptors (Lipinski definition) is 3. The van der Waals surface area contributed by atoms with Gasteiger partial charge < -0.3 is 5.32 Å². The summed E-state index contributed by atoms with van der Waals surface area (Å²) in [5.74, 6) is -1.95. The zero-order valence-electron chi connectivity index (χ0n) is 11.1. The van der Waals surface area contributed by atoms with E-state index in [2.05, 4.69) is 10.3 Å². The Morgan fingerprint density at radius 1 is 1.18 bits per heavy atom. The second kappa shape index (κ2) is 6.62. The average Bonchev–Trinajstić information content (AvgIpc) is 2.48. The van der Waals surface area contributed by atoms with Crippen molar-refractivity contribution in [2.75, 3.05) is 5.32 Å². The van der Waals surface area contributed by atoms with Gasteiger partial charge in [-0.25, -0.2) is 0 Å². The van der Waals surface area contributed by atoms with Crippen molar-refractivity contribution in [3.63, 3.8) is 0 Å². The van der Waals surface area contributed by atoms with Gasteiger partial charge in [0.25, 0.3) is 5.78 Å². The van der Waals surface area contributed by atoms with Crippen molar-refractivity contribution >= 4 is 28.8 Å². The summed E-state index contributed by atoms with van der Waals surface area (Å²) in [4.78, 5) is 15.0. The molecule has 0 saturated heterocycles. The van der Waals surface area contributed by atoms with E-state index in [0.29, 0.717) is 22.3 Å². The molecule has 1 aromatic heterocycles. The van der Waals surface area contributed by atoms with Gasteiger partial charge in [-0.05, 0) is 36.4 Å². The van der Waals surface area contributed by atoms with Crippen molar-refractivity contribution in [3.05, 3.63) is 65.5 Å². The Morgan fingerprint density at radius 2 is 1.86 bits per heavy atom. The molecule has 0 amide bonds. The Hall–Kier alpha value is -2.34. The Balaban J connectivity index is 2.36. The van der Waals surface area contributed by atoms with E-state index < -0.39 is 12.0 Å². The molecular formula is C15H10ClF3N2O. The molecule has 2 rings (SSSR count). The fraction of sp³-hybridized carbons (Fsp3) is 0.0667. The van der Waals surface area contributed by atoms with Crippen molar-refractivity contribution in [2.45, 2.75) is 6.18 Å². The summed E-state index contributed by atoms with van der Waals surface area (Å²) >= 11 is 5.75. The van der Waals surface area contributed by atoms with Gasteiger partial charge >= 0.3 is 6.18 Å². The van der Waals surface area contributed by atoms with E-state index in [4.69, 9.17) is 11.6 Å². The van der Waals surface area contributed by atoms with E-state index in [1.54, 1.807) is 36.4 Å². The third-order valence-electron chi connectivity index (χ3n) is 2.65. The summed E-state index contributed by atoms with van der Waals surface area (Å²) in [6, 6.07) is 9.44. The lowest BCUT2D eigenvalue weighted by Crippen LogP contribution is -2.21. The number of allylic oxidation sites excluding steroid dienone is 1. The monoisotopic (exact) mass is 326 g/mol. The first-order valence-corrected chi connectivity index (χ1v) is 6.50. The van der Waals surface area contributed by atoms with E-state index in [1.807, 2.05) is 0 Å². The van der Waals surface area contributed by atoms with Crippen LogP contribution >= 0.6 is 11.6 Å². The molecule has 0 spiro atoms. The molecule has 0 fully saturated rings. The van der Waals surface area contributed by atoms with Gasteiger partial charge in [-0.3, -0.25) is 9.78 Å². The maximum absolute atomic E-state index is 12.5. The minimum Gasteiger partial charge on any atom is -0.355 e. The van der Waals surface area contributed by atoms with E-state index in [1.165, 1.54) is 12.4 Å². The number of ketones is 1. The van der Waals surface area contributed by atoms with E-state index in [0.717, 1.165) is 0 Å². The first-order valence-electron chi connectivity index (χ1n) is 6.12. The summed E-state index contributed by atoms with van der Waals surface area (Å²) in [5, 5.41) is 3.26. The molecular weight excluding hydrogens is 317 g/mol. The molecule has 0 unspecified atom stereocenters. The first-order chi connectivity index (χ1) is 10.4. The van der Waals surface area contributed by atoms with Crippen LogP contribution in [0.15, 0.2) is 54.9 Å². The van der Waals surface area contributed by atoms with Crippen molar-refractivity contribution in [2.24, 2.45) is 0 Å². The molecule has 7 heteroatoms. The molecule has 0 aliphatic heterocycles. The lowest BCUT2D eigenvalue weighted by Gasteiger charge is -2.12. The summed E-state index contributed by atoms with van der Waals surface area (Å²) in [5.41, 5.74) is 0.849. The molecule has 0 atom stereocenters. The van der Waals surface area contributed by atoms with E-state index in [-0.39, 0.29) is 5.70 Å². The summed E-state index contributed by atoms with van der Waals surface area (Å²) in [7, 11) is 0. The maximum atomic E-state index is 12.5. The lowest BCUT2D eigenvalue weighted by atomic mass is 10.1. The number of aromatic nitrogens is 1. The van der Waals surface area contributed by atoms with Crippen LogP contribution in [0.1, 0.15) is 5.56 Å². The topological polar surface area (TPSA) is 42.0 Å². The number of pyridine rings is 1. The van der Waals surface area contributed by atoms with Crippen LogP contribution in [-0.2, 0) is 4.79 Å². The molecule has 114 valence electrons. The average molecular weight is 327 g/mol. The smallest absolute Gasteiger partial charge is 0.355 e. The standard InChI is InChI=1S/C15H10ClF3N2O/c16-11-3-5-12(6-4-11)21-13(8-14(22)15(17,18)19)10-2-1-7-20-9-10/h1-9,21H/b13-8-. The van der Waals surface area contributed by atoms with E-state index in [9.17, 15) is 18.0 Å². The molecule has 0 aliphatic carbocycles. The van der Waals surface area contributed by atoms with Crippen LogP contribution in [0.25, 0.3) is 5.70 Å². The molecule has 2 aromatic rings. The zero-order valence-corrected chi connectivity index (χ0v) is 11.8. The highest BCUT2D eigenvalue weighted by atomic mass is 35.5. The first kappa shape index (κ1) is 16.0. The lowest BCUT2D eigenvalue weighted by molar-refractivity contribution is -0.165. The second-order valence-electron chi connectivity index (χ2n) is 4.29. The molecule has 3 nitrogen and oxygen atoms in total. The molecule has 0 radical (unpaired) electrons. The highest BCUT2D eigenvalue weighted by Crippen LogP contribution is 2.23. The predicted octanol–water partition coefficient (Wildman–Crippen LogP) is 4.32. The SMILES string of the molecule is O=C(/C=C(\Nc1ccc(Cl)cc1)c1cccnc1)C(F)(F)F. The third kappa shape index (κ3) is 4.33. The Kier molecular flexibility index (Phi) is 4.82. The van der Waals surface area contributed by atoms with Crippen LogP contribution in [0.2, 0.25) is 5.02 Å². The van der Waals surface area contributed by atoms with Crippen LogP contribution in [-0.4, -0.2) is 16.9 Å². The highest BCUT2D eigenvalue weighted by Gasteiger charge is 2.36. The second-order valence-corrected chi connectivity index (χ2v) is 4.73. The molecule has 0 bridgehead atoms. The van der Waals surface area contributed by atoms with Gasteiger partial charge in [-0.1, -0.05) is 11.6 Å². The zero-order chi connectivity index (χ0) is 16.2. The Labute approximate surface area is 129 Å². The summed E-state index contributed by atoms with van der Waals surface area (Å²) in [6.45, 7) is 0. The number of halogens is 4. The quantitative estimate of drug-likeness (QED) is 0.851. The number of carbonyl (C=O) groups excluding carboxylic acids is 1. The van der Waals surface area contributed by atoms with Gasteiger partial charge in [0.1, 0.15) is 0 Å². The molecule has 0 aliphatic rings. The van der Waals surface area contributed by atoms with Gasteiger partial charge in [0, 0.05) is 34.7 Å². The molecule has 1 heterocycles. The Bertz CT molecular complexity index is 682. The maximum Gasteiger partial charge on any atom is 0.454 e. The molecule has 1 aromatic carbocycles. The van der Waals surface area contributed by atoms with Gasteiger partial charge in [0.05, 0.1) is 5.70 Å². The predicted molar refractivity (Wildman–Crippen MR) is 78.4 cm³/mol. The summed E-state index contributed by atoms with van der Waals surface area (Å²) < 4.78 is 37.4. The normalized spacial score (nSPS) is 12.1. The Morgan fingerprint density at radius 3 is 2.41 bits per heavy atom. The third-order valence-corrected chi connectivity index (χ3v) is 2.90. The fourth-order valence-electron chi connectivity index (χ4n) is 1.62. The van der Waals surface area contributed by atoms with Gasteiger partial charge in [-0.15, -0.1) is 0 Å². The number of nitrogens with one attached hydrogen (secondary N) is 1. The van der Waals surface area contributed by atoms with Crippen molar-refractivity contribution in [1.29, 1.82) is 0 Å². The van der Waals surface area contributed by atoms with Gasteiger partial charge in [0.2, 0.25) is 0 Å². The van der Waals surface area contributed by atoms with Crippen LogP contribution in [0, 0.1) is 0 Å². The number of nitrogens with zero attached hydrogens (tertiary/aromatic N) is 1. The highest BCUT2D eigenvalue weighted by molar-refractivity contribution is 6.30. The summed E-state index contributed by atoms with van der Waals surface area (Å²) in [6.07, 6.45) is -1.59. The minimum absolute atomic E-state index is 0.00209. The number of rotatable bonds is 4. The minimum atomic E-state index is -4.94. The number of benzene rings is 1. The van der Waals surface area contributed by atoms with Crippen LogP contribution in [0.3, 0.4) is 0 Å². The number of alkyl halides is 3. The number of anilines is 1. The van der Waals surface area contributed by atoms with Gasteiger partial charge in [-0.2, -0.15) is 13.2 Å². The largest absolute Gasteiger partial charge is 0.454 e. The van der Waals surface area contributed by atoms with Crippen LogP contribution in [0.5, 0.6) is 0 Å². The van der Waals surface area contributed by atoms with Crippen LogP contribution in [0.4, 0.5) is 18.9 Å². The van der Waals surface area contributed by atoms with Crippen molar-refractivity contribution in [3.8, 4) is 0 Å². The van der Waals surface area contributed by atoms with Crippen molar-refractivity contribution in [1.82, 2.24) is 4.98 Å². The molecule has 1 N–H and O–H groups in total. The van der Waals surface area contributed by atoms with Crippen molar-refractivity contribution < 1.29 is 18.0 Å².